The summed E-state index contributed by atoms with van der Waals surface area (Å²) in [4.78, 5) is 2.46. The minimum Gasteiger partial charge on any atom is -0.489 e. The van der Waals surface area contributed by atoms with Gasteiger partial charge < -0.3 is 9.47 Å². The number of nitrogens with zero attached hydrogens (tertiary/aromatic N) is 1. The van der Waals surface area contributed by atoms with Gasteiger partial charge in [0.2, 0.25) is 0 Å². The van der Waals surface area contributed by atoms with Crippen molar-refractivity contribution in [1.29, 1.82) is 0 Å². The largest absolute Gasteiger partial charge is 0.489 e. The first-order valence-electron chi connectivity index (χ1n) is 8.67. The molecule has 0 spiro atoms. The van der Waals surface area contributed by atoms with Crippen LogP contribution in [0.5, 0.6) is 5.75 Å². The lowest BCUT2D eigenvalue weighted by molar-refractivity contribution is 0.0374. The molecule has 0 unspecified atom stereocenters. The van der Waals surface area contributed by atoms with E-state index in [0.717, 1.165) is 57.0 Å². The van der Waals surface area contributed by atoms with Crippen molar-refractivity contribution in [1.82, 2.24) is 4.90 Å². The van der Waals surface area contributed by atoms with Gasteiger partial charge in [-0.25, -0.2) is 0 Å². The van der Waals surface area contributed by atoms with Gasteiger partial charge in [0.05, 0.1) is 13.2 Å². The van der Waals surface area contributed by atoms with E-state index < -0.39 is 0 Å². The van der Waals surface area contributed by atoms with Crippen LogP contribution in [-0.2, 0) is 17.8 Å². The number of hydrogen-bond acceptors (Lipinski definition) is 3. The van der Waals surface area contributed by atoms with Crippen LogP contribution in [0, 0.1) is 0 Å². The molecule has 1 saturated heterocycles. The average Bonchev–Trinajstić information content (AvgIpc) is 2.63. The smallest absolute Gasteiger partial charge is 0.120 e. The molecule has 2 aromatic rings. The fourth-order valence-electron chi connectivity index (χ4n) is 2.95. The fraction of sp³-hybridized carbons (Fsp3) is 0.400. The molecule has 3 nitrogen and oxygen atoms in total. The van der Waals surface area contributed by atoms with Crippen LogP contribution in [-0.4, -0.2) is 37.7 Å². The monoisotopic (exact) mass is 379 g/mol. The molecule has 25 heavy (non-hydrogen) atoms. The van der Waals surface area contributed by atoms with E-state index in [1.807, 2.05) is 30.3 Å². The Hall–Kier alpha value is -1.26. The van der Waals surface area contributed by atoms with Crippen LogP contribution in [0.4, 0.5) is 0 Å². The number of rotatable bonds is 7. The van der Waals surface area contributed by atoms with Gasteiger partial charge in [-0.15, -0.1) is 0 Å². The van der Waals surface area contributed by atoms with Crippen molar-refractivity contribution in [2.45, 2.75) is 19.4 Å². The van der Waals surface area contributed by atoms with Crippen molar-refractivity contribution in [3.63, 3.8) is 0 Å². The number of benzene rings is 2. The summed E-state index contributed by atoms with van der Waals surface area (Å²) in [5.41, 5.74) is 2.11. The van der Waals surface area contributed by atoms with Crippen LogP contribution in [0.2, 0.25) is 10.0 Å². The van der Waals surface area contributed by atoms with Crippen LogP contribution >= 0.6 is 23.2 Å². The molecule has 1 aliphatic rings. The van der Waals surface area contributed by atoms with Gasteiger partial charge >= 0.3 is 0 Å². The second-order valence-electron chi connectivity index (χ2n) is 6.19. The molecular formula is C20H23Cl2NO2. The maximum Gasteiger partial charge on any atom is 0.120 e. The Morgan fingerprint density at radius 1 is 1.00 bits per heavy atom. The minimum absolute atomic E-state index is 0.371. The summed E-state index contributed by atoms with van der Waals surface area (Å²) in [6, 6.07) is 13.7. The molecule has 0 atom stereocenters. The summed E-state index contributed by atoms with van der Waals surface area (Å²) in [6.45, 7) is 5.28. The first kappa shape index (κ1) is 18.5. The molecule has 1 fully saturated rings. The third-order valence-corrected chi connectivity index (χ3v) is 5.10. The predicted molar refractivity (Wildman–Crippen MR) is 103 cm³/mol. The van der Waals surface area contributed by atoms with E-state index in [1.54, 1.807) is 0 Å². The molecule has 134 valence electrons. The Balaban J connectivity index is 1.51. The Morgan fingerprint density at radius 2 is 1.72 bits per heavy atom. The number of ether oxygens (including phenoxy) is 2. The standard InChI is InChI=1S/C20H23Cl2NO2/c21-19-7-2-8-20(22)18(19)15-25-17-6-1-4-16(14-17)5-3-9-23-10-12-24-13-11-23/h1-2,4,6-8,14H,3,5,9-13,15H2. The van der Waals surface area contributed by atoms with Crippen molar-refractivity contribution >= 4 is 23.2 Å². The predicted octanol–water partition coefficient (Wildman–Crippen LogP) is 4.84. The van der Waals surface area contributed by atoms with Gasteiger partial charge in [0.15, 0.2) is 0 Å². The van der Waals surface area contributed by atoms with Gasteiger partial charge in [-0.05, 0) is 49.2 Å². The summed E-state index contributed by atoms with van der Waals surface area (Å²) in [6.07, 6.45) is 2.18. The van der Waals surface area contributed by atoms with Crippen molar-refractivity contribution in [2.75, 3.05) is 32.8 Å². The highest BCUT2D eigenvalue weighted by Gasteiger charge is 2.10. The zero-order valence-electron chi connectivity index (χ0n) is 14.2. The van der Waals surface area contributed by atoms with Crippen molar-refractivity contribution < 1.29 is 9.47 Å². The third-order valence-electron chi connectivity index (χ3n) is 4.39. The quantitative estimate of drug-likeness (QED) is 0.686. The van der Waals surface area contributed by atoms with E-state index in [1.165, 1.54) is 5.56 Å². The maximum atomic E-state index is 6.19. The Kier molecular flexibility index (Phi) is 7.00. The van der Waals surface area contributed by atoms with E-state index in [4.69, 9.17) is 32.7 Å². The second-order valence-corrected chi connectivity index (χ2v) is 7.01. The van der Waals surface area contributed by atoms with E-state index in [9.17, 15) is 0 Å². The van der Waals surface area contributed by atoms with E-state index in [0.29, 0.717) is 16.7 Å². The summed E-state index contributed by atoms with van der Waals surface area (Å²) in [5.74, 6) is 0.847. The number of aryl methyl sites for hydroxylation is 1. The minimum atomic E-state index is 0.371. The van der Waals surface area contributed by atoms with Crippen LogP contribution in [0.3, 0.4) is 0 Å². The first-order valence-corrected chi connectivity index (χ1v) is 9.43. The molecule has 1 aliphatic heterocycles. The first-order chi connectivity index (χ1) is 12.2. The van der Waals surface area contributed by atoms with Gasteiger partial charge in [0, 0.05) is 28.7 Å². The molecule has 0 aliphatic carbocycles. The third kappa shape index (κ3) is 5.61. The average molecular weight is 380 g/mol. The molecule has 0 amide bonds. The van der Waals surface area contributed by atoms with Gasteiger partial charge in [-0.2, -0.15) is 0 Å². The van der Waals surface area contributed by atoms with Crippen molar-refractivity contribution in [3.8, 4) is 5.75 Å². The highest BCUT2D eigenvalue weighted by atomic mass is 35.5. The molecule has 1 heterocycles. The van der Waals surface area contributed by atoms with E-state index >= 15 is 0 Å². The van der Waals surface area contributed by atoms with E-state index in [-0.39, 0.29) is 0 Å². The number of morpholine rings is 1. The molecule has 0 aromatic heterocycles. The topological polar surface area (TPSA) is 21.7 Å². The van der Waals surface area contributed by atoms with Crippen LogP contribution in [0.25, 0.3) is 0 Å². The van der Waals surface area contributed by atoms with E-state index in [2.05, 4.69) is 17.0 Å². The maximum absolute atomic E-state index is 6.19. The normalized spacial score (nSPS) is 15.3. The van der Waals surface area contributed by atoms with Crippen molar-refractivity contribution in [2.24, 2.45) is 0 Å². The summed E-state index contributed by atoms with van der Waals surface area (Å²) >= 11 is 12.4. The van der Waals surface area contributed by atoms with Crippen molar-refractivity contribution in [3.05, 3.63) is 63.6 Å². The van der Waals surface area contributed by atoms with Gasteiger partial charge in [-0.1, -0.05) is 41.4 Å². The summed E-state index contributed by atoms with van der Waals surface area (Å²) in [5, 5.41) is 1.27. The Bertz CT molecular complexity index is 667. The van der Waals surface area contributed by atoms with Crippen LogP contribution in [0.1, 0.15) is 17.5 Å². The molecule has 3 rings (SSSR count). The highest BCUT2D eigenvalue weighted by Crippen LogP contribution is 2.26. The Labute approximate surface area is 159 Å². The van der Waals surface area contributed by atoms with Crippen LogP contribution in [0.15, 0.2) is 42.5 Å². The zero-order valence-corrected chi connectivity index (χ0v) is 15.7. The van der Waals surface area contributed by atoms with Gasteiger partial charge in [0.1, 0.15) is 12.4 Å². The lowest BCUT2D eigenvalue weighted by Gasteiger charge is -2.26. The lowest BCUT2D eigenvalue weighted by Crippen LogP contribution is -2.36. The van der Waals surface area contributed by atoms with Gasteiger partial charge in [0.25, 0.3) is 0 Å². The molecular weight excluding hydrogens is 357 g/mol. The highest BCUT2D eigenvalue weighted by molar-refractivity contribution is 6.35. The van der Waals surface area contributed by atoms with Crippen LogP contribution < -0.4 is 4.74 Å². The molecule has 0 bridgehead atoms. The SMILES string of the molecule is Clc1cccc(Cl)c1COc1cccc(CCCN2CCOCC2)c1. The summed E-state index contributed by atoms with van der Waals surface area (Å²) < 4.78 is 11.3. The molecule has 0 N–H and O–H groups in total. The Morgan fingerprint density at radius 3 is 2.48 bits per heavy atom. The number of halogens is 2. The molecule has 5 heteroatoms. The zero-order chi connectivity index (χ0) is 17.5. The molecule has 0 saturated carbocycles. The summed E-state index contributed by atoms with van der Waals surface area (Å²) in [7, 11) is 0. The molecule has 2 aromatic carbocycles. The number of hydrogen-bond donors (Lipinski definition) is 0. The van der Waals surface area contributed by atoms with Gasteiger partial charge in [-0.3, -0.25) is 4.90 Å². The second kappa shape index (κ2) is 9.44. The lowest BCUT2D eigenvalue weighted by atomic mass is 10.1. The fourth-order valence-corrected chi connectivity index (χ4v) is 3.45. The molecule has 0 radical (unpaired) electrons.